The molecule has 0 saturated carbocycles. The molecule has 1 fully saturated rings. The highest BCUT2D eigenvalue weighted by atomic mass is 19.1. The molecule has 26 heavy (non-hydrogen) atoms. The number of hydrogen-bond acceptors (Lipinski definition) is 4. The molecule has 0 aliphatic carbocycles. The van der Waals surface area contributed by atoms with Gasteiger partial charge in [-0.3, -0.25) is 4.79 Å². The minimum atomic E-state index is -0.538. The Bertz CT molecular complexity index is 897. The molecule has 3 rings (SSSR count). The SMILES string of the molecule is Cc1ccc(C(=O)N2CCN(c3cccc(F)c3C#N)CC2)c(O)c1C. The molecule has 1 aliphatic heterocycles. The van der Waals surface area contributed by atoms with E-state index >= 15 is 0 Å². The summed E-state index contributed by atoms with van der Waals surface area (Å²) in [6.45, 7) is 5.53. The molecule has 1 amide bonds. The first kappa shape index (κ1) is 17.7. The topological polar surface area (TPSA) is 67.6 Å². The third kappa shape index (κ3) is 3.08. The number of halogens is 1. The van der Waals surface area contributed by atoms with Gasteiger partial charge in [0.15, 0.2) is 0 Å². The van der Waals surface area contributed by atoms with Crippen LogP contribution in [0.2, 0.25) is 0 Å². The van der Waals surface area contributed by atoms with Crippen LogP contribution >= 0.6 is 0 Å². The Morgan fingerprint density at radius 2 is 1.85 bits per heavy atom. The average molecular weight is 353 g/mol. The van der Waals surface area contributed by atoms with Gasteiger partial charge in [0.05, 0.1) is 11.3 Å². The van der Waals surface area contributed by atoms with Crippen LogP contribution in [-0.2, 0) is 0 Å². The number of anilines is 1. The molecule has 1 heterocycles. The van der Waals surface area contributed by atoms with E-state index in [0.717, 1.165) is 5.56 Å². The van der Waals surface area contributed by atoms with E-state index in [1.807, 2.05) is 24.0 Å². The van der Waals surface area contributed by atoms with Crippen LogP contribution < -0.4 is 4.90 Å². The molecule has 1 saturated heterocycles. The number of nitrogens with zero attached hydrogens (tertiary/aromatic N) is 3. The Morgan fingerprint density at radius 1 is 1.15 bits per heavy atom. The van der Waals surface area contributed by atoms with E-state index in [2.05, 4.69) is 0 Å². The Labute approximate surface area is 151 Å². The zero-order valence-corrected chi connectivity index (χ0v) is 14.8. The first-order valence-corrected chi connectivity index (χ1v) is 8.46. The molecule has 0 unspecified atom stereocenters. The summed E-state index contributed by atoms with van der Waals surface area (Å²) < 4.78 is 13.8. The van der Waals surface area contributed by atoms with E-state index in [4.69, 9.17) is 0 Å². The van der Waals surface area contributed by atoms with Crippen LogP contribution in [-0.4, -0.2) is 42.1 Å². The molecule has 0 bridgehead atoms. The number of nitriles is 1. The number of rotatable bonds is 2. The van der Waals surface area contributed by atoms with E-state index in [1.165, 1.54) is 6.07 Å². The fraction of sp³-hybridized carbons (Fsp3) is 0.300. The molecule has 5 nitrogen and oxygen atoms in total. The highest BCUT2D eigenvalue weighted by molar-refractivity contribution is 5.97. The van der Waals surface area contributed by atoms with Crippen LogP contribution in [0.25, 0.3) is 0 Å². The van der Waals surface area contributed by atoms with Gasteiger partial charge in [0.2, 0.25) is 0 Å². The van der Waals surface area contributed by atoms with Crippen LogP contribution in [0.4, 0.5) is 10.1 Å². The third-order valence-corrected chi connectivity index (χ3v) is 4.94. The molecular formula is C20H20FN3O2. The van der Waals surface area contributed by atoms with E-state index in [1.54, 1.807) is 30.0 Å². The Balaban J connectivity index is 1.75. The number of amides is 1. The smallest absolute Gasteiger partial charge is 0.257 e. The van der Waals surface area contributed by atoms with Gasteiger partial charge in [0, 0.05) is 26.2 Å². The van der Waals surface area contributed by atoms with E-state index in [9.17, 15) is 19.6 Å². The molecule has 0 atom stereocenters. The fourth-order valence-electron chi connectivity index (χ4n) is 3.18. The van der Waals surface area contributed by atoms with Crippen molar-refractivity contribution < 1.29 is 14.3 Å². The Morgan fingerprint density at radius 3 is 2.50 bits per heavy atom. The van der Waals surface area contributed by atoms with Crippen LogP contribution in [0.3, 0.4) is 0 Å². The molecular weight excluding hydrogens is 333 g/mol. The van der Waals surface area contributed by atoms with Crippen LogP contribution in [0.1, 0.15) is 27.0 Å². The second-order valence-electron chi connectivity index (χ2n) is 6.43. The zero-order chi connectivity index (χ0) is 18.8. The maximum atomic E-state index is 13.8. The molecule has 6 heteroatoms. The summed E-state index contributed by atoms with van der Waals surface area (Å²) in [7, 11) is 0. The van der Waals surface area contributed by atoms with Crippen LogP contribution in [0.5, 0.6) is 5.75 Å². The van der Waals surface area contributed by atoms with Gasteiger partial charge in [0.25, 0.3) is 5.91 Å². The number of piperazine rings is 1. The molecule has 0 aromatic heterocycles. The summed E-state index contributed by atoms with van der Waals surface area (Å²) in [6.07, 6.45) is 0. The van der Waals surface area contributed by atoms with Crippen LogP contribution in [0.15, 0.2) is 30.3 Å². The van der Waals surface area contributed by atoms with Crippen molar-refractivity contribution in [3.05, 3.63) is 58.4 Å². The van der Waals surface area contributed by atoms with Crippen molar-refractivity contribution in [1.82, 2.24) is 4.90 Å². The van der Waals surface area contributed by atoms with Gasteiger partial charge in [-0.15, -0.1) is 0 Å². The van der Waals surface area contributed by atoms with Crippen molar-refractivity contribution in [2.45, 2.75) is 13.8 Å². The molecule has 2 aromatic carbocycles. The number of aryl methyl sites for hydroxylation is 1. The highest BCUT2D eigenvalue weighted by Crippen LogP contribution is 2.28. The number of hydrogen-bond donors (Lipinski definition) is 1. The maximum Gasteiger partial charge on any atom is 0.257 e. The number of phenolic OH excluding ortho intramolecular Hbond substituents is 1. The van der Waals surface area contributed by atoms with Crippen molar-refractivity contribution in [1.29, 1.82) is 5.26 Å². The third-order valence-electron chi connectivity index (χ3n) is 4.94. The second-order valence-corrected chi connectivity index (χ2v) is 6.43. The molecule has 1 aliphatic rings. The van der Waals surface area contributed by atoms with Gasteiger partial charge < -0.3 is 14.9 Å². The number of aromatic hydroxyl groups is 1. The van der Waals surface area contributed by atoms with Crippen molar-refractivity contribution in [2.75, 3.05) is 31.1 Å². The number of carbonyl (C=O) groups excluding carboxylic acids is 1. The zero-order valence-electron chi connectivity index (χ0n) is 14.8. The quantitative estimate of drug-likeness (QED) is 0.901. The minimum absolute atomic E-state index is 0.0225. The summed E-state index contributed by atoms with van der Waals surface area (Å²) in [5.74, 6) is -0.733. The molecule has 2 aromatic rings. The molecule has 0 spiro atoms. The monoisotopic (exact) mass is 353 g/mol. The Kier molecular flexibility index (Phi) is 4.81. The summed E-state index contributed by atoms with van der Waals surface area (Å²) in [6, 6.07) is 9.94. The predicted octanol–water partition coefficient (Wildman–Crippen LogP) is 2.98. The van der Waals surface area contributed by atoms with Gasteiger partial charge in [-0.2, -0.15) is 5.26 Å². The van der Waals surface area contributed by atoms with Crippen molar-refractivity contribution in [3.63, 3.8) is 0 Å². The maximum absolute atomic E-state index is 13.8. The van der Waals surface area contributed by atoms with E-state index in [-0.39, 0.29) is 17.2 Å². The van der Waals surface area contributed by atoms with E-state index in [0.29, 0.717) is 43.0 Å². The van der Waals surface area contributed by atoms with Crippen LogP contribution in [0, 0.1) is 31.0 Å². The first-order valence-electron chi connectivity index (χ1n) is 8.46. The summed E-state index contributed by atoms with van der Waals surface area (Å²) in [5.41, 5.74) is 2.50. The number of phenols is 1. The summed E-state index contributed by atoms with van der Waals surface area (Å²) >= 11 is 0. The van der Waals surface area contributed by atoms with Gasteiger partial charge in [-0.1, -0.05) is 12.1 Å². The lowest BCUT2D eigenvalue weighted by Gasteiger charge is -2.36. The predicted molar refractivity (Wildman–Crippen MR) is 96.8 cm³/mol. The summed E-state index contributed by atoms with van der Waals surface area (Å²) in [4.78, 5) is 16.3. The van der Waals surface area contributed by atoms with Gasteiger partial charge >= 0.3 is 0 Å². The Hall–Kier alpha value is -3.07. The standard InChI is InChI=1S/C20H20FN3O2/c1-13-6-7-15(19(25)14(13)2)20(26)24-10-8-23(9-11-24)18-5-3-4-17(21)16(18)12-22/h3-7,25H,8-11H2,1-2H3. The van der Waals surface area contributed by atoms with Gasteiger partial charge in [0.1, 0.15) is 23.2 Å². The molecule has 1 N–H and O–H groups in total. The first-order chi connectivity index (χ1) is 12.4. The largest absolute Gasteiger partial charge is 0.507 e. The molecule has 0 radical (unpaired) electrons. The lowest BCUT2D eigenvalue weighted by atomic mass is 10.0. The number of benzene rings is 2. The minimum Gasteiger partial charge on any atom is -0.507 e. The highest BCUT2D eigenvalue weighted by Gasteiger charge is 2.26. The fourth-order valence-corrected chi connectivity index (χ4v) is 3.18. The van der Waals surface area contributed by atoms with Crippen molar-refractivity contribution >= 4 is 11.6 Å². The lowest BCUT2D eigenvalue weighted by Crippen LogP contribution is -2.49. The van der Waals surface area contributed by atoms with Gasteiger partial charge in [-0.05, 0) is 43.2 Å². The summed E-state index contributed by atoms with van der Waals surface area (Å²) in [5, 5.41) is 19.5. The van der Waals surface area contributed by atoms with Crippen molar-refractivity contribution in [2.24, 2.45) is 0 Å². The number of carbonyl (C=O) groups is 1. The normalized spacial score (nSPS) is 14.2. The lowest BCUT2D eigenvalue weighted by molar-refractivity contribution is 0.0743. The second kappa shape index (κ2) is 7.04. The van der Waals surface area contributed by atoms with Crippen molar-refractivity contribution in [3.8, 4) is 11.8 Å². The molecule has 134 valence electrons. The van der Waals surface area contributed by atoms with E-state index < -0.39 is 5.82 Å². The van der Waals surface area contributed by atoms with Gasteiger partial charge in [-0.25, -0.2) is 4.39 Å². The average Bonchev–Trinajstić information content (AvgIpc) is 2.66.